The molecule has 0 radical (unpaired) electrons. The van der Waals surface area contributed by atoms with E-state index in [2.05, 4.69) is 54.6 Å². The van der Waals surface area contributed by atoms with Gasteiger partial charge in [0.2, 0.25) is 0 Å². The highest BCUT2D eigenvalue weighted by Gasteiger charge is 2.25. The van der Waals surface area contributed by atoms with Gasteiger partial charge in [0.25, 0.3) is 0 Å². The first kappa shape index (κ1) is 21.2. The highest BCUT2D eigenvalue weighted by molar-refractivity contribution is 7.80. The fourth-order valence-corrected chi connectivity index (χ4v) is 4.48. The van der Waals surface area contributed by atoms with E-state index in [4.69, 9.17) is 4.74 Å². The molecule has 1 saturated heterocycles. The molecule has 1 N–H and O–H groups in total. The molecule has 1 aromatic heterocycles. The maximum Gasteiger partial charge on any atom is 0.139 e. The van der Waals surface area contributed by atoms with Crippen LogP contribution in [0.25, 0.3) is 0 Å². The molecule has 2 heterocycles. The first-order valence-electron chi connectivity index (χ1n) is 10.3. The van der Waals surface area contributed by atoms with Crippen molar-refractivity contribution in [2.45, 2.75) is 51.0 Å². The van der Waals surface area contributed by atoms with Crippen molar-refractivity contribution in [2.24, 2.45) is 5.92 Å². The Morgan fingerprint density at radius 2 is 2.11 bits per heavy atom. The molecular weight excluding hydrogens is 368 g/mol. The van der Waals surface area contributed by atoms with Gasteiger partial charge < -0.3 is 19.4 Å². The van der Waals surface area contributed by atoms with Crippen molar-refractivity contribution in [2.75, 3.05) is 26.3 Å². The Hall–Kier alpha value is -1.56. The number of morpholine rings is 1. The van der Waals surface area contributed by atoms with Gasteiger partial charge in [-0.3, -0.25) is 0 Å². The molecule has 4 rings (SSSR count). The van der Waals surface area contributed by atoms with Crippen LogP contribution in [0.1, 0.15) is 41.4 Å². The second-order valence-corrected chi connectivity index (χ2v) is 8.34. The fourth-order valence-electron chi connectivity index (χ4n) is 4.22. The summed E-state index contributed by atoms with van der Waals surface area (Å²) in [6, 6.07) is 8.37. The first-order chi connectivity index (χ1) is 13.6. The molecule has 28 heavy (non-hydrogen) atoms. The van der Waals surface area contributed by atoms with Crippen LogP contribution in [-0.2, 0) is 35.3 Å². The summed E-state index contributed by atoms with van der Waals surface area (Å²) in [6.45, 7) is 8.80. The number of thiol groups is 1. The lowest BCUT2D eigenvalue weighted by Crippen LogP contribution is -2.30. The van der Waals surface area contributed by atoms with Crippen molar-refractivity contribution in [3.63, 3.8) is 0 Å². The van der Waals surface area contributed by atoms with Crippen LogP contribution in [0.3, 0.4) is 0 Å². The predicted octanol–water partition coefficient (Wildman–Crippen LogP) is 3.61. The zero-order valence-electron chi connectivity index (χ0n) is 17.0. The number of benzene rings is 1. The Bertz CT molecular complexity index is 785. The molecule has 1 aliphatic heterocycles. The molecule has 0 saturated carbocycles. The molecule has 0 bridgehead atoms. The molecular formula is C23H32N2O2S. The van der Waals surface area contributed by atoms with E-state index in [1.165, 1.54) is 34.5 Å². The van der Waals surface area contributed by atoms with Gasteiger partial charge >= 0.3 is 0 Å². The van der Waals surface area contributed by atoms with E-state index in [1.807, 2.05) is 6.07 Å². The van der Waals surface area contributed by atoms with Gasteiger partial charge in [0.1, 0.15) is 6.29 Å². The monoisotopic (exact) mass is 400 g/mol. The molecule has 5 heteroatoms. The van der Waals surface area contributed by atoms with Crippen LogP contribution in [0.5, 0.6) is 0 Å². The van der Waals surface area contributed by atoms with Crippen molar-refractivity contribution in [3.05, 3.63) is 52.3 Å². The van der Waals surface area contributed by atoms with Crippen molar-refractivity contribution in [1.82, 2.24) is 9.88 Å². The topological polar surface area (TPSA) is 43.3 Å². The standard InChI is InChI=1S/C19H23NOS.C4H9NO/c1-13-6-7-19-18(10-13)17(14(2)20(19)8-9-21)12-15-4-3-5-16(22)11-15;1-3-6-4-2-5-1/h3-5,9,11,13,22H,6-8,10,12H2,1-2H3;5H,1-4H2. The summed E-state index contributed by atoms with van der Waals surface area (Å²) in [5.74, 6) is 0.731. The summed E-state index contributed by atoms with van der Waals surface area (Å²) >= 11 is 4.45. The van der Waals surface area contributed by atoms with Gasteiger partial charge in [-0.1, -0.05) is 19.1 Å². The number of nitrogens with one attached hydrogen (secondary N) is 1. The van der Waals surface area contributed by atoms with Crippen LogP contribution in [0.2, 0.25) is 0 Å². The van der Waals surface area contributed by atoms with Crippen LogP contribution in [0, 0.1) is 12.8 Å². The van der Waals surface area contributed by atoms with Gasteiger partial charge in [-0.05, 0) is 67.3 Å². The van der Waals surface area contributed by atoms with Gasteiger partial charge in [0.05, 0.1) is 19.8 Å². The van der Waals surface area contributed by atoms with Crippen LogP contribution in [-0.4, -0.2) is 37.2 Å². The van der Waals surface area contributed by atoms with Crippen LogP contribution < -0.4 is 5.32 Å². The molecule has 2 aromatic rings. The Morgan fingerprint density at radius 3 is 2.71 bits per heavy atom. The molecule has 1 aliphatic carbocycles. The van der Waals surface area contributed by atoms with Gasteiger partial charge in [-0.25, -0.2) is 0 Å². The number of hydrogen-bond donors (Lipinski definition) is 2. The maximum absolute atomic E-state index is 11.1. The van der Waals surface area contributed by atoms with E-state index < -0.39 is 0 Å². The summed E-state index contributed by atoms with van der Waals surface area (Å²) in [5.41, 5.74) is 6.85. The molecule has 1 aromatic carbocycles. The average molecular weight is 401 g/mol. The quantitative estimate of drug-likeness (QED) is 0.609. The van der Waals surface area contributed by atoms with E-state index in [-0.39, 0.29) is 0 Å². The largest absolute Gasteiger partial charge is 0.379 e. The van der Waals surface area contributed by atoms with Crippen LogP contribution in [0.4, 0.5) is 0 Å². The van der Waals surface area contributed by atoms with Crippen molar-refractivity contribution >= 4 is 18.9 Å². The molecule has 2 aliphatic rings. The predicted molar refractivity (Wildman–Crippen MR) is 117 cm³/mol. The van der Waals surface area contributed by atoms with E-state index in [0.717, 1.165) is 62.7 Å². The first-order valence-corrected chi connectivity index (χ1v) is 10.7. The fraction of sp³-hybridized carbons (Fsp3) is 0.522. The van der Waals surface area contributed by atoms with E-state index in [1.54, 1.807) is 0 Å². The van der Waals surface area contributed by atoms with E-state index in [9.17, 15) is 4.79 Å². The Morgan fingerprint density at radius 1 is 1.32 bits per heavy atom. The van der Waals surface area contributed by atoms with Gasteiger partial charge in [0, 0.05) is 29.4 Å². The Labute approximate surface area is 174 Å². The number of aldehydes is 1. The van der Waals surface area contributed by atoms with Crippen LogP contribution in [0.15, 0.2) is 29.2 Å². The number of fused-ring (bicyclic) bond motifs is 1. The molecule has 0 amide bonds. The van der Waals surface area contributed by atoms with Crippen LogP contribution >= 0.6 is 12.6 Å². The second-order valence-electron chi connectivity index (χ2n) is 7.82. The Kier molecular flexibility index (Phi) is 7.77. The molecule has 4 nitrogen and oxygen atoms in total. The zero-order chi connectivity index (χ0) is 19.9. The van der Waals surface area contributed by atoms with Gasteiger partial charge in [-0.2, -0.15) is 0 Å². The molecule has 1 atom stereocenters. The minimum absolute atomic E-state index is 0.481. The highest BCUT2D eigenvalue weighted by atomic mass is 32.1. The molecule has 1 fully saturated rings. The summed E-state index contributed by atoms with van der Waals surface area (Å²) < 4.78 is 7.24. The lowest BCUT2D eigenvalue weighted by molar-refractivity contribution is -0.108. The average Bonchev–Trinajstić information content (AvgIpc) is 2.95. The lowest BCUT2D eigenvalue weighted by atomic mass is 9.85. The number of nitrogens with zero attached hydrogens (tertiary/aromatic N) is 1. The zero-order valence-corrected chi connectivity index (χ0v) is 17.9. The molecule has 0 spiro atoms. The minimum Gasteiger partial charge on any atom is -0.379 e. The normalized spacial score (nSPS) is 18.8. The van der Waals surface area contributed by atoms with E-state index in [0.29, 0.717) is 6.54 Å². The molecule has 1 unspecified atom stereocenters. The number of aromatic nitrogens is 1. The van der Waals surface area contributed by atoms with Crippen molar-refractivity contribution in [1.29, 1.82) is 0 Å². The summed E-state index contributed by atoms with van der Waals surface area (Å²) in [7, 11) is 0. The smallest absolute Gasteiger partial charge is 0.139 e. The summed E-state index contributed by atoms with van der Waals surface area (Å²) in [4.78, 5) is 12.1. The SMILES string of the molecule is C1COCCN1.Cc1c(Cc2cccc(S)c2)c2c(n1CC=O)CCC(C)C2. The lowest BCUT2D eigenvalue weighted by Gasteiger charge is -2.21. The van der Waals surface area contributed by atoms with E-state index >= 15 is 0 Å². The number of carbonyl (C=O) groups is 1. The number of carbonyl (C=O) groups excluding carboxylic acids is 1. The minimum atomic E-state index is 0.481. The third-order valence-corrected chi connectivity index (χ3v) is 5.98. The molecule has 152 valence electrons. The summed E-state index contributed by atoms with van der Waals surface area (Å²) in [6.07, 6.45) is 5.40. The van der Waals surface area contributed by atoms with Gasteiger partial charge in [0.15, 0.2) is 0 Å². The van der Waals surface area contributed by atoms with Crippen molar-refractivity contribution < 1.29 is 9.53 Å². The third kappa shape index (κ3) is 5.28. The number of ether oxygens (including phenoxy) is 1. The number of rotatable bonds is 4. The highest BCUT2D eigenvalue weighted by Crippen LogP contribution is 2.33. The number of hydrogen-bond acceptors (Lipinski definition) is 4. The summed E-state index contributed by atoms with van der Waals surface area (Å²) in [5, 5.41) is 3.16. The second kappa shape index (κ2) is 10.3. The Balaban J connectivity index is 0.000000320. The maximum atomic E-state index is 11.1. The van der Waals surface area contributed by atoms with Crippen molar-refractivity contribution in [3.8, 4) is 0 Å². The third-order valence-electron chi connectivity index (χ3n) is 5.70. The van der Waals surface area contributed by atoms with Gasteiger partial charge in [-0.15, -0.1) is 12.6 Å².